The van der Waals surface area contributed by atoms with E-state index in [9.17, 15) is 16.8 Å². The third kappa shape index (κ3) is 4.76. The van der Waals surface area contributed by atoms with Gasteiger partial charge in [0.1, 0.15) is 8.42 Å². The molecule has 1 aliphatic rings. The molecular formula is C18H25ClN4O4S3. The summed E-state index contributed by atoms with van der Waals surface area (Å²) in [5.41, 5.74) is 1.01. The first-order valence-electron chi connectivity index (χ1n) is 9.37. The lowest BCUT2D eigenvalue weighted by Crippen LogP contribution is -2.46. The number of anilines is 2. The van der Waals surface area contributed by atoms with E-state index in [0.717, 1.165) is 37.0 Å². The van der Waals surface area contributed by atoms with Gasteiger partial charge in [0.15, 0.2) is 0 Å². The van der Waals surface area contributed by atoms with Crippen LogP contribution in [-0.4, -0.2) is 72.9 Å². The molecule has 0 saturated carbocycles. The van der Waals surface area contributed by atoms with Crippen LogP contribution < -0.4 is 9.62 Å². The predicted molar refractivity (Wildman–Crippen MR) is 122 cm³/mol. The van der Waals surface area contributed by atoms with Crippen LogP contribution in [0.3, 0.4) is 0 Å². The Morgan fingerprint density at radius 3 is 2.27 bits per heavy atom. The second kappa shape index (κ2) is 9.01. The van der Waals surface area contributed by atoms with Gasteiger partial charge < -0.3 is 9.80 Å². The predicted octanol–water partition coefficient (Wildman–Crippen LogP) is 2.59. The molecule has 8 nitrogen and oxygen atoms in total. The van der Waals surface area contributed by atoms with E-state index in [0.29, 0.717) is 27.7 Å². The molecule has 1 aliphatic heterocycles. The highest BCUT2D eigenvalue weighted by atomic mass is 35.5. The van der Waals surface area contributed by atoms with E-state index in [4.69, 9.17) is 11.6 Å². The van der Waals surface area contributed by atoms with Crippen molar-refractivity contribution in [2.24, 2.45) is 0 Å². The third-order valence-electron chi connectivity index (χ3n) is 4.92. The number of rotatable bonds is 7. The molecule has 1 saturated heterocycles. The fraction of sp³-hybridized carbons (Fsp3) is 0.444. The van der Waals surface area contributed by atoms with Crippen LogP contribution in [-0.2, 0) is 20.0 Å². The van der Waals surface area contributed by atoms with Gasteiger partial charge in [-0.15, -0.1) is 11.3 Å². The molecule has 0 aliphatic carbocycles. The second-order valence-corrected chi connectivity index (χ2v) is 12.8. The molecule has 0 unspecified atom stereocenters. The van der Waals surface area contributed by atoms with Crippen molar-refractivity contribution in [2.75, 3.05) is 56.4 Å². The molecule has 0 spiro atoms. The first-order valence-corrected chi connectivity index (χ1v) is 13.5. The average molecular weight is 493 g/mol. The zero-order valence-electron chi connectivity index (χ0n) is 17.0. The van der Waals surface area contributed by atoms with Crippen LogP contribution in [0.15, 0.2) is 38.8 Å². The van der Waals surface area contributed by atoms with Crippen molar-refractivity contribution in [2.45, 2.75) is 15.3 Å². The Bertz CT molecular complexity index is 1110. The fourth-order valence-electron chi connectivity index (χ4n) is 3.17. The zero-order valence-corrected chi connectivity index (χ0v) is 20.2. The normalized spacial score (nSPS) is 16.2. The maximum atomic E-state index is 13.0. The van der Waals surface area contributed by atoms with E-state index in [1.165, 1.54) is 26.2 Å². The standard InChI is InChI=1S/C18H25ClN4O4S3/c1-4-22-10-12-23(13-11-22)18-14(19)6-5-7-15(18)20-29(24,25)16-8-9-17(28-16)30(26,27)21(2)3/h5-9,20H,4,10-13H2,1-3H3. The highest BCUT2D eigenvalue weighted by Crippen LogP contribution is 2.37. The number of halogens is 1. The topological polar surface area (TPSA) is 90.0 Å². The minimum Gasteiger partial charge on any atom is -0.366 e. The number of hydrogen-bond acceptors (Lipinski definition) is 7. The lowest BCUT2D eigenvalue weighted by molar-refractivity contribution is 0.271. The molecule has 0 radical (unpaired) electrons. The van der Waals surface area contributed by atoms with Crippen LogP contribution >= 0.6 is 22.9 Å². The Labute approximate surface area is 187 Å². The number of thiophene rings is 1. The molecule has 0 bridgehead atoms. The maximum Gasteiger partial charge on any atom is 0.271 e. The van der Waals surface area contributed by atoms with Crippen molar-refractivity contribution >= 4 is 54.4 Å². The van der Waals surface area contributed by atoms with Gasteiger partial charge in [0.25, 0.3) is 20.0 Å². The van der Waals surface area contributed by atoms with Crippen molar-refractivity contribution in [1.82, 2.24) is 9.21 Å². The summed E-state index contributed by atoms with van der Waals surface area (Å²) in [6.07, 6.45) is 0. The van der Waals surface area contributed by atoms with E-state index < -0.39 is 20.0 Å². The molecule has 2 aromatic rings. The molecule has 1 aromatic carbocycles. The van der Waals surface area contributed by atoms with Crippen LogP contribution in [0.4, 0.5) is 11.4 Å². The van der Waals surface area contributed by atoms with Crippen LogP contribution in [0.5, 0.6) is 0 Å². The summed E-state index contributed by atoms with van der Waals surface area (Å²) in [7, 11) is -4.88. The van der Waals surface area contributed by atoms with Crippen molar-refractivity contribution in [1.29, 1.82) is 0 Å². The van der Waals surface area contributed by atoms with E-state index in [1.807, 2.05) is 0 Å². The van der Waals surface area contributed by atoms with Gasteiger partial charge in [-0.3, -0.25) is 4.72 Å². The number of likely N-dealkylation sites (N-methyl/N-ethyl adjacent to an activating group) is 1. The van der Waals surface area contributed by atoms with E-state index in [2.05, 4.69) is 21.4 Å². The zero-order chi connectivity index (χ0) is 22.1. The van der Waals surface area contributed by atoms with Crippen molar-refractivity contribution in [3.63, 3.8) is 0 Å². The Kier molecular flexibility index (Phi) is 7.00. The monoisotopic (exact) mass is 492 g/mol. The van der Waals surface area contributed by atoms with Crippen LogP contribution in [0.2, 0.25) is 5.02 Å². The van der Waals surface area contributed by atoms with Gasteiger partial charge in [0, 0.05) is 40.3 Å². The lowest BCUT2D eigenvalue weighted by atomic mass is 10.2. The summed E-state index contributed by atoms with van der Waals surface area (Å²) in [6.45, 7) is 6.27. The fourth-order valence-corrected chi connectivity index (χ4v) is 7.46. The minimum atomic E-state index is -3.98. The molecule has 0 amide bonds. The number of para-hydroxylation sites is 1. The van der Waals surface area contributed by atoms with Gasteiger partial charge in [-0.25, -0.2) is 21.1 Å². The molecule has 0 atom stereocenters. The molecule has 30 heavy (non-hydrogen) atoms. The van der Waals surface area contributed by atoms with Gasteiger partial charge in [0.2, 0.25) is 0 Å². The van der Waals surface area contributed by atoms with Crippen LogP contribution in [0.25, 0.3) is 0 Å². The maximum absolute atomic E-state index is 13.0. The summed E-state index contributed by atoms with van der Waals surface area (Å²) < 4.78 is 54.0. The van der Waals surface area contributed by atoms with Crippen molar-refractivity contribution in [3.05, 3.63) is 35.4 Å². The molecule has 1 fully saturated rings. The Balaban J connectivity index is 1.90. The SMILES string of the molecule is CCN1CCN(c2c(Cl)cccc2NS(=O)(=O)c2ccc(S(=O)(=O)N(C)C)s2)CC1. The third-order valence-corrected chi connectivity index (χ3v) is 10.5. The highest BCUT2D eigenvalue weighted by Gasteiger charge is 2.27. The molecule has 166 valence electrons. The van der Waals surface area contributed by atoms with Gasteiger partial charge in [0.05, 0.1) is 16.4 Å². The van der Waals surface area contributed by atoms with Gasteiger partial charge >= 0.3 is 0 Å². The van der Waals surface area contributed by atoms with E-state index in [1.54, 1.807) is 18.2 Å². The first kappa shape index (κ1) is 23.3. The Morgan fingerprint density at radius 1 is 1.03 bits per heavy atom. The van der Waals surface area contributed by atoms with Crippen LogP contribution in [0, 0.1) is 0 Å². The quantitative estimate of drug-likeness (QED) is 0.639. The summed E-state index contributed by atoms with van der Waals surface area (Å²) in [4.78, 5) is 4.39. The van der Waals surface area contributed by atoms with E-state index >= 15 is 0 Å². The minimum absolute atomic E-state index is 0.0325. The summed E-state index contributed by atoms with van der Waals surface area (Å²) in [5.74, 6) is 0. The number of hydrogen-bond donors (Lipinski definition) is 1. The van der Waals surface area contributed by atoms with Gasteiger partial charge in [-0.05, 0) is 30.8 Å². The molecule has 2 heterocycles. The first-order chi connectivity index (χ1) is 14.1. The smallest absolute Gasteiger partial charge is 0.271 e. The number of nitrogens with zero attached hydrogens (tertiary/aromatic N) is 3. The van der Waals surface area contributed by atoms with E-state index in [-0.39, 0.29) is 8.42 Å². The Hall–Kier alpha value is -1.37. The highest BCUT2D eigenvalue weighted by molar-refractivity contribution is 7.96. The number of piperazine rings is 1. The summed E-state index contributed by atoms with van der Waals surface area (Å²) in [5, 5.41) is 0.460. The van der Waals surface area contributed by atoms with Gasteiger partial charge in [-0.1, -0.05) is 24.6 Å². The number of nitrogens with one attached hydrogen (secondary N) is 1. The number of sulfonamides is 2. The molecule has 1 N–H and O–H groups in total. The summed E-state index contributed by atoms with van der Waals surface area (Å²) >= 11 is 7.14. The molecule has 12 heteroatoms. The Morgan fingerprint density at radius 2 is 1.67 bits per heavy atom. The van der Waals surface area contributed by atoms with Gasteiger partial charge in [-0.2, -0.15) is 0 Å². The summed E-state index contributed by atoms with van der Waals surface area (Å²) in [6, 6.07) is 7.68. The second-order valence-electron chi connectivity index (χ2n) is 7.02. The lowest BCUT2D eigenvalue weighted by Gasteiger charge is -2.36. The van der Waals surface area contributed by atoms with Crippen molar-refractivity contribution < 1.29 is 16.8 Å². The molecule has 1 aromatic heterocycles. The largest absolute Gasteiger partial charge is 0.366 e. The average Bonchev–Trinajstić information content (AvgIpc) is 3.20. The van der Waals surface area contributed by atoms with Crippen molar-refractivity contribution in [3.8, 4) is 0 Å². The number of benzene rings is 1. The molecular weight excluding hydrogens is 468 g/mol. The molecule has 3 rings (SSSR count). The van der Waals surface area contributed by atoms with Crippen LogP contribution in [0.1, 0.15) is 6.92 Å².